The van der Waals surface area contributed by atoms with Crippen LogP contribution in [0.15, 0.2) is 54.6 Å². The van der Waals surface area contributed by atoms with E-state index in [1.54, 1.807) is 0 Å². The average molecular weight is 354 g/mol. The molecule has 26 heavy (non-hydrogen) atoms. The molecule has 3 rings (SSSR count). The molecule has 5 nitrogen and oxygen atoms in total. The summed E-state index contributed by atoms with van der Waals surface area (Å²) in [7, 11) is 0. The second-order valence-corrected chi connectivity index (χ2v) is 6.53. The quantitative estimate of drug-likeness (QED) is 0.761. The Morgan fingerprint density at radius 2 is 2.08 bits per heavy atom. The van der Waals surface area contributed by atoms with E-state index in [0.717, 1.165) is 36.4 Å². The minimum Gasteiger partial charge on any atom is -0.491 e. The monoisotopic (exact) mass is 354 g/mol. The van der Waals surface area contributed by atoms with Crippen LogP contribution >= 0.6 is 0 Å². The maximum absolute atomic E-state index is 12.2. The molecule has 5 heteroatoms. The molecule has 0 aromatic heterocycles. The van der Waals surface area contributed by atoms with Gasteiger partial charge < -0.3 is 20.1 Å². The molecule has 1 heterocycles. The summed E-state index contributed by atoms with van der Waals surface area (Å²) in [5.74, 6) is 0.732. The zero-order valence-electron chi connectivity index (χ0n) is 15.1. The SMILES string of the molecule is CC(NC(=O)CNc1cccc(OCC2CCCO2)c1)c1ccccc1. The first-order valence-electron chi connectivity index (χ1n) is 9.13. The molecule has 0 spiro atoms. The van der Waals surface area contributed by atoms with Gasteiger partial charge in [-0.3, -0.25) is 4.79 Å². The van der Waals surface area contributed by atoms with Crippen molar-refractivity contribution in [2.24, 2.45) is 0 Å². The van der Waals surface area contributed by atoms with E-state index in [9.17, 15) is 4.79 Å². The molecule has 0 saturated carbocycles. The van der Waals surface area contributed by atoms with Crippen molar-refractivity contribution in [1.29, 1.82) is 0 Å². The van der Waals surface area contributed by atoms with Gasteiger partial charge in [0.2, 0.25) is 5.91 Å². The Morgan fingerprint density at radius 1 is 1.23 bits per heavy atom. The summed E-state index contributed by atoms with van der Waals surface area (Å²) in [5.41, 5.74) is 1.95. The van der Waals surface area contributed by atoms with Crippen molar-refractivity contribution in [3.8, 4) is 5.75 Å². The van der Waals surface area contributed by atoms with Crippen molar-refractivity contribution < 1.29 is 14.3 Å². The molecule has 1 aliphatic rings. The van der Waals surface area contributed by atoms with E-state index in [1.807, 2.05) is 61.5 Å². The zero-order valence-corrected chi connectivity index (χ0v) is 15.1. The van der Waals surface area contributed by atoms with Crippen LogP contribution in [0.5, 0.6) is 5.75 Å². The molecule has 1 aliphatic heterocycles. The van der Waals surface area contributed by atoms with Gasteiger partial charge in [-0.1, -0.05) is 36.4 Å². The summed E-state index contributed by atoms with van der Waals surface area (Å²) in [6.07, 6.45) is 2.35. The zero-order chi connectivity index (χ0) is 18.2. The van der Waals surface area contributed by atoms with Crippen molar-refractivity contribution in [3.63, 3.8) is 0 Å². The molecule has 2 N–H and O–H groups in total. The average Bonchev–Trinajstić information content (AvgIpc) is 3.19. The van der Waals surface area contributed by atoms with E-state index in [4.69, 9.17) is 9.47 Å². The van der Waals surface area contributed by atoms with E-state index < -0.39 is 0 Å². The van der Waals surface area contributed by atoms with Gasteiger partial charge in [-0.2, -0.15) is 0 Å². The molecule has 1 saturated heterocycles. The second-order valence-electron chi connectivity index (χ2n) is 6.53. The van der Waals surface area contributed by atoms with Crippen LogP contribution in [0.1, 0.15) is 31.4 Å². The first-order valence-corrected chi connectivity index (χ1v) is 9.13. The van der Waals surface area contributed by atoms with Crippen LogP contribution in [0.2, 0.25) is 0 Å². The van der Waals surface area contributed by atoms with E-state index in [2.05, 4.69) is 10.6 Å². The molecule has 0 radical (unpaired) electrons. The van der Waals surface area contributed by atoms with Crippen LogP contribution in [-0.2, 0) is 9.53 Å². The highest BCUT2D eigenvalue weighted by atomic mass is 16.5. The standard InChI is InChI=1S/C21H26N2O3/c1-16(17-7-3-2-4-8-17)23-21(24)14-22-18-9-5-10-19(13-18)26-15-20-11-6-12-25-20/h2-5,7-10,13,16,20,22H,6,11-12,14-15H2,1H3,(H,23,24). The summed E-state index contributed by atoms with van der Waals surface area (Å²) in [5, 5.41) is 6.14. The lowest BCUT2D eigenvalue weighted by Gasteiger charge is -2.15. The van der Waals surface area contributed by atoms with Crippen LogP contribution < -0.4 is 15.4 Å². The maximum atomic E-state index is 12.2. The van der Waals surface area contributed by atoms with Crippen LogP contribution in [0.3, 0.4) is 0 Å². The van der Waals surface area contributed by atoms with Gasteiger partial charge in [0.25, 0.3) is 0 Å². The molecular formula is C21H26N2O3. The summed E-state index contributed by atoms with van der Waals surface area (Å²) in [6.45, 7) is 3.59. The Morgan fingerprint density at radius 3 is 2.85 bits per heavy atom. The molecule has 1 fully saturated rings. The summed E-state index contributed by atoms with van der Waals surface area (Å²) >= 11 is 0. The Kier molecular flexibility index (Phi) is 6.50. The first-order chi connectivity index (χ1) is 12.7. The normalized spacial score (nSPS) is 17.5. The summed E-state index contributed by atoms with van der Waals surface area (Å²) < 4.78 is 11.4. The Bertz CT molecular complexity index is 699. The Balaban J connectivity index is 1.44. The smallest absolute Gasteiger partial charge is 0.239 e. The number of anilines is 1. The van der Waals surface area contributed by atoms with Gasteiger partial charge in [-0.05, 0) is 37.5 Å². The fourth-order valence-electron chi connectivity index (χ4n) is 2.96. The summed E-state index contributed by atoms with van der Waals surface area (Å²) in [4.78, 5) is 12.2. The number of rotatable bonds is 8. The highest BCUT2D eigenvalue weighted by molar-refractivity contribution is 5.81. The van der Waals surface area contributed by atoms with Gasteiger partial charge in [0.05, 0.1) is 18.7 Å². The van der Waals surface area contributed by atoms with Crippen molar-refractivity contribution >= 4 is 11.6 Å². The number of hydrogen-bond donors (Lipinski definition) is 2. The third kappa shape index (κ3) is 5.49. The van der Waals surface area contributed by atoms with Gasteiger partial charge in [-0.15, -0.1) is 0 Å². The predicted octanol–water partition coefficient (Wildman–Crippen LogP) is 3.53. The molecule has 0 aliphatic carbocycles. The van der Waals surface area contributed by atoms with Gasteiger partial charge in [0.1, 0.15) is 12.4 Å². The highest BCUT2D eigenvalue weighted by Crippen LogP contribution is 2.19. The topological polar surface area (TPSA) is 59.6 Å². The maximum Gasteiger partial charge on any atom is 0.239 e. The Labute approximate surface area is 154 Å². The van der Waals surface area contributed by atoms with Crippen molar-refractivity contribution in [2.75, 3.05) is 25.1 Å². The number of benzene rings is 2. The third-order valence-electron chi connectivity index (χ3n) is 4.42. The largest absolute Gasteiger partial charge is 0.491 e. The molecule has 138 valence electrons. The minimum atomic E-state index is -0.0490. The van der Waals surface area contributed by atoms with Crippen LogP contribution in [0.4, 0.5) is 5.69 Å². The number of carbonyl (C=O) groups excluding carboxylic acids is 1. The molecule has 1 amide bonds. The number of carbonyl (C=O) groups is 1. The van der Waals surface area contributed by atoms with E-state index in [-0.39, 0.29) is 24.6 Å². The lowest BCUT2D eigenvalue weighted by molar-refractivity contribution is -0.120. The number of hydrogen-bond acceptors (Lipinski definition) is 4. The number of ether oxygens (including phenoxy) is 2. The number of amides is 1. The molecular weight excluding hydrogens is 328 g/mol. The van der Waals surface area contributed by atoms with Crippen LogP contribution in [0, 0.1) is 0 Å². The lowest BCUT2D eigenvalue weighted by Crippen LogP contribution is -2.32. The van der Waals surface area contributed by atoms with Crippen molar-refractivity contribution in [3.05, 3.63) is 60.2 Å². The Hall–Kier alpha value is -2.53. The number of nitrogens with one attached hydrogen (secondary N) is 2. The van der Waals surface area contributed by atoms with E-state index in [0.29, 0.717) is 6.61 Å². The fraction of sp³-hybridized carbons (Fsp3) is 0.381. The molecule has 2 aromatic rings. The van der Waals surface area contributed by atoms with Crippen LogP contribution in [0.25, 0.3) is 0 Å². The van der Waals surface area contributed by atoms with Crippen molar-refractivity contribution in [2.45, 2.75) is 31.9 Å². The van der Waals surface area contributed by atoms with Gasteiger partial charge in [0.15, 0.2) is 0 Å². The molecule has 0 bridgehead atoms. The second kappa shape index (κ2) is 9.25. The van der Waals surface area contributed by atoms with Crippen LogP contribution in [-0.4, -0.2) is 31.8 Å². The summed E-state index contributed by atoms with van der Waals surface area (Å²) in [6, 6.07) is 17.6. The molecule has 2 atom stereocenters. The highest BCUT2D eigenvalue weighted by Gasteiger charge is 2.16. The third-order valence-corrected chi connectivity index (χ3v) is 4.42. The first kappa shape index (κ1) is 18.3. The van der Waals surface area contributed by atoms with Crippen molar-refractivity contribution in [1.82, 2.24) is 5.32 Å². The van der Waals surface area contributed by atoms with Gasteiger partial charge >= 0.3 is 0 Å². The minimum absolute atomic E-state index is 0.0217. The van der Waals surface area contributed by atoms with Gasteiger partial charge in [-0.25, -0.2) is 0 Å². The fourth-order valence-corrected chi connectivity index (χ4v) is 2.96. The van der Waals surface area contributed by atoms with Gasteiger partial charge in [0, 0.05) is 18.4 Å². The van der Waals surface area contributed by atoms with E-state index in [1.165, 1.54) is 0 Å². The molecule has 2 unspecified atom stereocenters. The molecule has 2 aromatic carbocycles. The predicted molar refractivity (Wildman–Crippen MR) is 102 cm³/mol. The van der Waals surface area contributed by atoms with E-state index >= 15 is 0 Å². The lowest BCUT2D eigenvalue weighted by atomic mass is 10.1.